The third kappa shape index (κ3) is 2.34. The maximum absolute atomic E-state index is 13.3. The van der Waals surface area contributed by atoms with Crippen molar-refractivity contribution in [2.75, 3.05) is 0 Å². The molecule has 1 aromatic carbocycles. The minimum Gasteiger partial charge on any atom is -0.389 e. The van der Waals surface area contributed by atoms with E-state index in [1.807, 2.05) is 6.07 Å². The van der Waals surface area contributed by atoms with Gasteiger partial charge in [0.15, 0.2) is 0 Å². The molecular formula is C14H15FN2S. The molecule has 2 aromatic rings. The Balaban J connectivity index is 2.83. The van der Waals surface area contributed by atoms with Crippen LogP contribution in [0.15, 0.2) is 24.3 Å². The monoisotopic (exact) mass is 262 g/mol. The summed E-state index contributed by atoms with van der Waals surface area (Å²) < 4.78 is 13.3. The quantitative estimate of drug-likeness (QED) is 0.801. The summed E-state index contributed by atoms with van der Waals surface area (Å²) in [6.07, 6.45) is 0. The Morgan fingerprint density at radius 3 is 2.50 bits per heavy atom. The number of halogens is 1. The highest BCUT2D eigenvalue weighted by Gasteiger charge is 2.18. The van der Waals surface area contributed by atoms with Crippen LogP contribution in [0.25, 0.3) is 10.9 Å². The molecule has 18 heavy (non-hydrogen) atoms. The van der Waals surface area contributed by atoms with E-state index in [1.165, 1.54) is 12.1 Å². The lowest BCUT2D eigenvalue weighted by Gasteiger charge is -2.19. The number of pyridine rings is 1. The zero-order valence-corrected chi connectivity index (χ0v) is 11.4. The van der Waals surface area contributed by atoms with Crippen molar-refractivity contribution in [3.63, 3.8) is 0 Å². The van der Waals surface area contributed by atoms with E-state index in [0.717, 1.165) is 5.69 Å². The molecular weight excluding hydrogens is 247 g/mol. The zero-order valence-electron chi connectivity index (χ0n) is 10.6. The van der Waals surface area contributed by atoms with Crippen LogP contribution in [0.1, 0.15) is 32.0 Å². The first-order valence-electron chi connectivity index (χ1n) is 5.69. The van der Waals surface area contributed by atoms with E-state index in [0.29, 0.717) is 16.5 Å². The van der Waals surface area contributed by atoms with Gasteiger partial charge in [0.2, 0.25) is 0 Å². The molecule has 4 heteroatoms. The van der Waals surface area contributed by atoms with E-state index >= 15 is 0 Å². The maximum atomic E-state index is 13.3. The number of hydrogen-bond donors (Lipinski definition) is 1. The summed E-state index contributed by atoms with van der Waals surface area (Å²) in [6, 6.07) is 6.32. The molecule has 0 unspecified atom stereocenters. The first kappa shape index (κ1) is 12.9. The largest absolute Gasteiger partial charge is 0.389 e. The number of nitrogens with two attached hydrogens (primary N) is 1. The van der Waals surface area contributed by atoms with E-state index in [1.54, 1.807) is 6.07 Å². The molecule has 0 atom stereocenters. The molecule has 0 aliphatic rings. The topological polar surface area (TPSA) is 38.9 Å². The van der Waals surface area contributed by atoms with Crippen molar-refractivity contribution in [1.29, 1.82) is 0 Å². The Bertz CT molecular complexity index is 629. The molecule has 0 bridgehead atoms. The number of benzene rings is 1. The SMILES string of the molecule is CC(C)(C)c1cc(C(N)=S)c2cc(F)ccc2n1. The van der Waals surface area contributed by atoms with Crippen LogP contribution < -0.4 is 5.73 Å². The smallest absolute Gasteiger partial charge is 0.123 e. The number of hydrogen-bond acceptors (Lipinski definition) is 2. The summed E-state index contributed by atoms with van der Waals surface area (Å²) in [5.74, 6) is -0.315. The van der Waals surface area contributed by atoms with Crippen molar-refractivity contribution in [3.05, 3.63) is 41.3 Å². The molecule has 0 spiro atoms. The normalized spacial score (nSPS) is 11.8. The summed E-state index contributed by atoms with van der Waals surface area (Å²) in [7, 11) is 0. The molecule has 0 radical (unpaired) electrons. The fraction of sp³-hybridized carbons (Fsp3) is 0.286. The van der Waals surface area contributed by atoms with E-state index in [2.05, 4.69) is 25.8 Å². The van der Waals surface area contributed by atoms with E-state index < -0.39 is 0 Å². The van der Waals surface area contributed by atoms with E-state index in [9.17, 15) is 4.39 Å². The van der Waals surface area contributed by atoms with Crippen molar-refractivity contribution >= 4 is 28.1 Å². The number of thiocarbonyl (C=S) groups is 1. The summed E-state index contributed by atoms with van der Waals surface area (Å²) >= 11 is 5.04. The highest BCUT2D eigenvalue weighted by Crippen LogP contribution is 2.26. The summed E-state index contributed by atoms with van der Waals surface area (Å²) in [6.45, 7) is 6.19. The number of fused-ring (bicyclic) bond motifs is 1. The minimum atomic E-state index is -0.315. The van der Waals surface area contributed by atoms with Gasteiger partial charge in [-0.25, -0.2) is 4.39 Å². The second-order valence-electron chi connectivity index (χ2n) is 5.33. The lowest BCUT2D eigenvalue weighted by molar-refractivity contribution is 0.571. The number of nitrogens with zero attached hydrogens (tertiary/aromatic N) is 1. The summed E-state index contributed by atoms with van der Waals surface area (Å²) in [4.78, 5) is 4.81. The third-order valence-corrected chi connectivity index (χ3v) is 3.02. The summed E-state index contributed by atoms with van der Waals surface area (Å²) in [5.41, 5.74) is 7.90. The Hall–Kier alpha value is -1.55. The predicted octanol–water partition coefficient (Wildman–Crippen LogP) is 3.31. The second-order valence-corrected chi connectivity index (χ2v) is 5.77. The Kier molecular flexibility index (Phi) is 3.07. The van der Waals surface area contributed by atoms with Gasteiger partial charge in [-0.1, -0.05) is 33.0 Å². The lowest BCUT2D eigenvalue weighted by atomic mass is 9.90. The van der Waals surface area contributed by atoms with Gasteiger partial charge in [0, 0.05) is 22.1 Å². The van der Waals surface area contributed by atoms with Crippen LogP contribution in [0, 0.1) is 5.82 Å². The van der Waals surface area contributed by atoms with Crippen LogP contribution in [0.3, 0.4) is 0 Å². The fourth-order valence-electron chi connectivity index (χ4n) is 1.79. The van der Waals surface area contributed by atoms with E-state index in [-0.39, 0.29) is 16.2 Å². The molecule has 1 heterocycles. The van der Waals surface area contributed by atoms with Crippen LogP contribution in [0.4, 0.5) is 4.39 Å². The highest BCUT2D eigenvalue weighted by molar-refractivity contribution is 7.80. The van der Waals surface area contributed by atoms with Gasteiger partial charge in [-0.05, 0) is 24.3 Å². The van der Waals surface area contributed by atoms with Crippen LogP contribution in [-0.2, 0) is 5.41 Å². The second kappa shape index (κ2) is 4.28. The van der Waals surface area contributed by atoms with Crippen molar-refractivity contribution in [3.8, 4) is 0 Å². The van der Waals surface area contributed by atoms with Gasteiger partial charge in [0.1, 0.15) is 10.8 Å². The van der Waals surface area contributed by atoms with Gasteiger partial charge in [0.25, 0.3) is 0 Å². The van der Waals surface area contributed by atoms with Crippen LogP contribution in [0.2, 0.25) is 0 Å². The maximum Gasteiger partial charge on any atom is 0.123 e. The standard InChI is InChI=1S/C14H15FN2S/c1-14(2,3)12-7-10(13(16)18)9-6-8(15)4-5-11(9)17-12/h4-7H,1-3H3,(H2,16,18). The summed E-state index contributed by atoms with van der Waals surface area (Å²) in [5, 5.41) is 0.663. The van der Waals surface area contributed by atoms with Crippen molar-refractivity contribution in [2.45, 2.75) is 26.2 Å². The first-order chi connectivity index (χ1) is 8.29. The molecule has 1 aromatic heterocycles. The van der Waals surface area contributed by atoms with E-state index in [4.69, 9.17) is 18.0 Å². The molecule has 0 saturated carbocycles. The molecule has 2 rings (SSSR count). The van der Waals surface area contributed by atoms with Gasteiger partial charge in [-0.3, -0.25) is 4.98 Å². The Labute approximate surface area is 111 Å². The van der Waals surface area contributed by atoms with Crippen LogP contribution in [0.5, 0.6) is 0 Å². The third-order valence-electron chi connectivity index (χ3n) is 2.80. The molecule has 0 amide bonds. The minimum absolute atomic E-state index is 0.109. The van der Waals surface area contributed by atoms with Gasteiger partial charge < -0.3 is 5.73 Å². The zero-order chi connectivity index (χ0) is 13.5. The fourth-order valence-corrected chi connectivity index (χ4v) is 1.95. The highest BCUT2D eigenvalue weighted by atomic mass is 32.1. The number of rotatable bonds is 1. The van der Waals surface area contributed by atoms with Crippen molar-refractivity contribution in [2.24, 2.45) is 5.73 Å². The van der Waals surface area contributed by atoms with Gasteiger partial charge in [-0.2, -0.15) is 0 Å². The van der Waals surface area contributed by atoms with Crippen LogP contribution in [-0.4, -0.2) is 9.97 Å². The van der Waals surface area contributed by atoms with Gasteiger partial charge in [-0.15, -0.1) is 0 Å². The predicted molar refractivity (Wildman–Crippen MR) is 76.3 cm³/mol. The number of aromatic nitrogens is 1. The lowest BCUT2D eigenvalue weighted by Crippen LogP contribution is -2.17. The molecule has 2 nitrogen and oxygen atoms in total. The Morgan fingerprint density at radius 1 is 1.28 bits per heavy atom. The molecule has 0 saturated heterocycles. The average Bonchev–Trinajstić information content (AvgIpc) is 2.25. The Morgan fingerprint density at radius 2 is 1.94 bits per heavy atom. The van der Waals surface area contributed by atoms with Gasteiger partial charge >= 0.3 is 0 Å². The van der Waals surface area contributed by atoms with Crippen LogP contribution >= 0.6 is 12.2 Å². The molecule has 2 N–H and O–H groups in total. The van der Waals surface area contributed by atoms with Gasteiger partial charge in [0.05, 0.1) is 5.52 Å². The molecule has 0 fully saturated rings. The molecule has 0 aliphatic heterocycles. The average molecular weight is 262 g/mol. The molecule has 94 valence electrons. The van der Waals surface area contributed by atoms with Crippen molar-refractivity contribution < 1.29 is 4.39 Å². The van der Waals surface area contributed by atoms with Crippen molar-refractivity contribution in [1.82, 2.24) is 4.98 Å². The molecule has 0 aliphatic carbocycles. The first-order valence-corrected chi connectivity index (χ1v) is 6.10.